The Hall–Kier alpha value is -2.69. The summed E-state index contributed by atoms with van der Waals surface area (Å²) in [5.74, 6) is -0.254. The normalized spacial score (nSPS) is 11.6. The Morgan fingerprint density at radius 2 is 2.40 bits per heavy atom. The summed E-state index contributed by atoms with van der Waals surface area (Å²) in [6, 6.07) is 1.18. The molecule has 2 aromatic heterocycles. The first-order valence-corrected chi connectivity index (χ1v) is 5.98. The van der Waals surface area contributed by atoms with E-state index in [9.17, 15) is 10.1 Å². The van der Waals surface area contributed by atoms with Gasteiger partial charge in [-0.1, -0.05) is 5.16 Å². The van der Waals surface area contributed by atoms with Gasteiger partial charge < -0.3 is 15.5 Å². The second-order valence-electron chi connectivity index (χ2n) is 3.62. The fourth-order valence-electron chi connectivity index (χ4n) is 1.30. The van der Waals surface area contributed by atoms with Crippen LogP contribution in [0.1, 0.15) is 5.56 Å². The summed E-state index contributed by atoms with van der Waals surface area (Å²) in [6.07, 6.45) is 2.75. The number of rotatable bonds is 4. The number of nitrogens with two attached hydrogens (primary N) is 1. The van der Waals surface area contributed by atoms with Gasteiger partial charge in [-0.2, -0.15) is 0 Å². The number of nitro groups is 1. The molecular weight excluding hydrogens is 286 g/mol. The molecule has 0 bridgehead atoms. The van der Waals surface area contributed by atoms with Crippen LogP contribution in [0.25, 0.3) is 0 Å². The third kappa shape index (κ3) is 2.66. The van der Waals surface area contributed by atoms with Crippen LogP contribution in [-0.4, -0.2) is 35.7 Å². The fraction of sp³-hybridized carbons (Fsp3) is 0.111. The van der Waals surface area contributed by atoms with Gasteiger partial charge in [0.1, 0.15) is 6.33 Å². The molecule has 20 heavy (non-hydrogen) atoms. The van der Waals surface area contributed by atoms with Gasteiger partial charge in [0.15, 0.2) is 16.0 Å². The van der Waals surface area contributed by atoms with Gasteiger partial charge in [-0.25, -0.2) is 4.98 Å². The van der Waals surface area contributed by atoms with Gasteiger partial charge in [0.25, 0.3) is 0 Å². The first-order chi connectivity index (χ1) is 9.52. The highest BCUT2D eigenvalue weighted by Gasteiger charge is 2.20. The van der Waals surface area contributed by atoms with E-state index in [1.807, 2.05) is 0 Å². The van der Waals surface area contributed by atoms with Crippen molar-refractivity contribution in [3.05, 3.63) is 34.3 Å². The lowest BCUT2D eigenvalue weighted by molar-refractivity contribution is -0.388. The summed E-state index contributed by atoms with van der Waals surface area (Å²) in [5, 5.41) is 30.5. The molecule has 2 rings (SSSR count). The van der Waals surface area contributed by atoms with Crippen molar-refractivity contribution in [1.29, 1.82) is 0 Å². The van der Waals surface area contributed by atoms with Crippen LogP contribution in [0.15, 0.2) is 33.9 Å². The average molecular weight is 295 g/mol. The molecule has 11 heteroatoms. The highest BCUT2D eigenvalue weighted by Crippen LogP contribution is 2.31. The Bertz CT molecular complexity index is 684. The standard InChI is InChI=1S/C9H9N7O3S/c1-15-4-12-13-9(15)20-8-6(16(18)19)2-5(3-11-8)7(10)14-17/h2-4,17H,1H3,(H2,10,14). The van der Waals surface area contributed by atoms with E-state index in [2.05, 4.69) is 20.3 Å². The first-order valence-electron chi connectivity index (χ1n) is 5.17. The number of amidine groups is 1. The molecule has 3 N–H and O–H groups in total. The molecule has 0 aromatic carbocycles. The zero-order chi connectivity index (χ0) is 14.7. The quantitative estimate of drug-likeness (QED) is 0.270. The van der Waals surface area contributed by atoms with Crippen molar-refractivity contribution in [2.45, 2.75) is 10.2 Å². The Morgan fingerprint density at radius 1 is 1.65 bits per heavy atom. The van der Waals surface area contributed by atoms with Crippen LogP contribution in [0, 0.1) is 10.1 Å². The van der Waals surface area contributed by atoms with Crippen molar-refractivity contribution in [3.63, 3.8) is 0 Å². The van der Waals surface area contributed by atoms with Gasteiger partial charge in [-0.05, 0) is 11.8 Å². The summed E-state index contributed by atoms with van der Waals surface area (Å²) in [7, 11) is 1.71. The van der Waals surface area contributed by atoms with Gasteiger partial charge in [-0.3, -0.25) is 10.1 Å². The van der Waals surface area contributed by atoms with Crippen molar-refractivity contribution < 1.29 is 10.1 Å². The van der Waals surface area contributed by atoms with Crippen LogP contribution in [0.3, 0.4) is 0 Å². The monoisotopic (exact) mass is 295 g/mol. The third-order valence-corrected chi connectivity index (χ3v) is 3.35. The number of hydrogen-bond donors (Lipinski definition) is 2. The molecule has 0 atom stereocenters. The molecule has 0 aliphatic rings. The van der Waals surface area contributed by atoms with Crippen LogP contribution in [0.4, 0.5) is 5.69 Å². The van der Waals surface area contributed by atoms with E-state index in [0.29, 0.717) is 5.16 Å². The lowest BCUT2D eigenvalue weighted by Crippen LogP contribution is -2.14. The van der Waals surface area contributed by atoms with E-state index in [-0.39, 0.29) is 22.1 Å². The van der Waals surface area contributed by atoms with Crippen LogP contribution in [0.5, 0.6) is 0 Å². The number of aryl methyl sites for hydroxylation is 1. The van der Waals surface area contributed by atoms with E-state index in [1.165, 1.54) is 18.6 Å². The van der Waals surface area contributed by atoms with Crippen molar-refractivity contribution in [1.82, 2.24) is 19.7 Å². The third-order valence-electron chi connectivity index (χ3n) is 2.29. The molecule has 104 valence electrons. The van der Waals surface area contributed by atoms with Crippen molar-refractivity contribution in [3.8, 4) is 0 Å². The topological polar surface area (TPSA) is 145 Å². The number of hydrogen-bond acceptors (Lipinski definition) is 8. The lowest BCUT2D eigenvalue weighted by Gasteiger charge is -2.03. The molecule has 0 saturated heterocycles. The number of oxime groups is 1. The van der Waals surface area contributed by atoms with Gasteiger partial charge >= 0.3 is 5.69 Å². The van der Waals surface area contributed by atoms with Gasteiger partial charge in [0.2, 0.25) is 0 Å². The zero-order valence-corrected chi connectivity index (χ0v) is 11.0. The summed E-state index contributed by atoms with van der Waals surface area (Å²) in [4.78, 5) is 14.4. The van der Waals surface area contributed by atoms with E-state index >= 15 is 0 Å². The molecular formula is C9H9N7O3S. The molecule has 0 aliphatic carbocycles. The Morgan fingerprint density at radius 3 is 2.95 bits per heavy atom. The predicted molar refractivity (Wildman–Crippen MR) is 68.5 cm³/mol. The first kappa shape index (κ1) is 13.7. The summed E-state index contributed by atoms with van der Waals surface area (Å²) in [5.41, 5.74) is 5.27. The van der Waals surface area contributed by atoms with Gasteiger partial charge in [0, 0.05) is 24.9 Å². The smallest absolute Gasteiger partial charge is 0.302 e. The predicted octanol–water partition coefficient (Wildman–Crippen LogP) is 0.364. The van der Waals surface area contributed by atoms with E-state index in [4.69, 9.17) is 10.9 Å². The van der Waals surface area contributed by atoms with Crippen LogP contribution in [0.2, 0.25) is 0 Å². The Balaban J connectivity index is 2.43. The second kappa shape index (κ2) is 5.52. The summed E-state index contributed by atoms with van der Waals surface area (Å²) in [6.45, 7) is 0. The summed E-state index contributed by atoms with van der Waals surface area (Å²) >= 11 is 0.997. The zero-order valence-electron chi connectivity index (χ0n) is 10.2. The molecule has 2 heterocycles. The Labute approximate surface area is 116 Å². The summed E-state index contributed by atoms with van der Waals surface area (Å²) < 4.78 is 1.60. The maximum Gasteiger partial charge on any atom is 0.302 e. The number of aromatic nitrogens is 4. The number of nitrogens with zero attached hydrogens (tertiary/aromatic N) is 6. The molecule has 0 radical (unpaired) electrons. The molecule has 10 nitrogen and oxygen atoms in total. The van der Waals surface area contributed by atoms with E-state index in [1.54, 1.807) is 11.6 Å². The SMILES string of the molecule is Cn1cnnc1Sc1ncc(C(N)=NO)cc1[N+](=O)[O-]. The highest BCUT2D eigenvalue weighted by molar-refractivity contribution is 7.99. The average Bonchev–Trinajstić information content (AvgIpc) is 2.83. The minimum Gasteiger partial charge on any atom is -0.409 e. The van der Waals surface area contributed by atoms with Crippen molar-refractivity contribution in [2.75, 3.05) is 0 Å². The van der Waals surface area contributed by atoms with Crippen molar-refractivity contribution >= 4 is 23.3 Å². The molecule has 0 saturated carbocycles. The van der Waals surface area contributed by atoms with Crippen LogP contribution in [-0.2, 0) is 7.05 Å². The second-order valence-corrected chi connectivity index (χ2v) is 4.57. The fourth-order valence-corrected chi connectivity index (χ4v) is 2.09. The largest absolute Gasteiger partial charge is 0.409 e. The molecule has 0 fully saturated rings. The molecule has 0 aliphatic heterocycles. The highest BCUT2D eigenvalue weighted by atomic mass is 32.2. The van der Waals surface area contributed by atoms with Crippen LogP contribution >= 0.6 is 11.8 Å². The number of pyridine rings is 1. The van der Waals surface area contributed by atoms with Crippen molar-refractivity contribution in [2.24, 2.45) is 17.9 Å². The van der Waals surface area contributed by atoms with E-state index in [0.717, 1.165) is 11.8 Å². The van der Waals surface area contributed by atoms with Crippen LogP contribution < -0.4 is 5.73 Å². The molecule has 0 unspecified atom stereocenters. The van der Waals surface area contributed by atoms with Gasteiger partial charge in [-0.15, -0.1) is 10.2 Å². The Kier molecular flexibility index (Phi) is 3.79. The van der Waals surface area contributed by atoms with Gasteiger partial charge in [0.05, 0.1) is 4.92 Å². The molecule has 0 spiro atoms. The lowest BCUT2D eigenvalue weighted by atomic mass is 10.2. The maximum atomic E-state index is 11.1. The minimum atomic E-state index is -0.597. The minimum absolute atomic E-state index is 0.139. The van der Waals surface area contributed by atoms with E-state index < -0.39 is 4.92 Å². The molecule has 2 aromatic rings. The molecule has 0 amide bonds. The maximum absolute atomic E-state index is 11.1.